The average molecular weight is 140 g/mol. The van der Waals surface area contributed by atoms with Crippen LogP contribution in [0.1, 0.15) is 9.75 Å². The summed E-state index contributed by atoms with van der Waals surface area (Å²) in [7, 11) is 0. The van der Waals surface area contributed by atoms with Gasteiger partial charge in [0.05, 0.1) is 6.21 Å². The summed E-state index contributed by atoms with van der Waals surface area (Å²) in [6.07, 6.45) is 1.65. The second-order valence-corrected chi connectivity index (χ2v) is 3.05. The van der Waals surface area contributed by atoms with Crippen molar-refractivity contribution in [1.82, 2.24) is 0 Å². The molecule has 1 aromatic heterocycles. The van der Waals surface area contributed by atoms with Gasteiger partial charge in [0.1, 0.15) is 0 Å². The molecule has 1 rings (SSSR count). The summed E-state index contributed by atoms with van der Waals surface area (Å²) in [5, 5.41) is 3.40. The van der Waals surface area contributed by atoms with Crippen LogP contribution in [0.4, 0.5) is 0 Å². The summed E-state index contributed by atoms with van der Waals surface area (Å²) >= 11 is 1.68. The van der Waals surface area contributed by atoms with E-state index >= 15 is 0 Å². The summed E-state index contributed by atoms with van der Waals surface area (Å²) < 4.78 is 0. The molecule has 0 aromatic carbocycles. The van der Waals surface area contributed by atoms with Crippen molar-refractivity contribution in [2.45, 2.75) is 6.92 Å². The average Bonchev–Trinajstić information content (AvgIpc) is 2.17. The first-order valence-corrected chi connectivity index (χ1v) is 3.44. The van der Waals surface area contributed by atoms with Crippen molar-refractivity contribution in [2.24, 2.45) is 10.9 Å². The molecule has 2 N–H and O–H groups in total. The SMILES string of the molecule is Cc1ccc(C=NN)s1. The molecule has 9 heavy (non-hydrogen) atoms. The molecular formula is C6H8N2S. The molecule has 0 amide bonds. The molecule has 1 heterocycles. The third-order valence-electron chi connectivity index (χ3n) is 0.963. The molecule has 48 valence electrons. The highest BCUT2D eigenvalue weighted by Crippen LogP contribution is 2.11. The Balaban J connectivity index is 2.85. The Hall–Kier alpha value is -0.830. The van der Waals surface area contributed by atoms with E-state index in [4.69, 9.17) is 5.84 Å². The molecule has 2 nitrogen and oxygen atoms in total. The summed E-state index contributed by atoms with van der Waals surface area (Å²) in [5.41, 5.74) is 0. The predicted octanol–water partition coefficient (Wildman–Crippen LogP) is 1.35. The number of rotatable bonds is 1. The summed E-state index contributed by atoms with van der Waals surface area (Å²) in [6.45, 7) is 2.05. The van der Waals surface area contributed by atoms with Crippen molar-refractivity contribution in [3.05, 3.63) is 21.9 Å². The Morgan fingerprint density at radius 1 is 1.67 bits per heavy atom. The Morgan fingerprint density at radius 2 is 2.44 bits per heavy atom. The molecule has 3 heteroatoms. The zero-order chi connectivity index (χ0) is 6.69. The van der Waals surface area contributed by atoms with Crippen molar-refractivity contribution < 1.29 is 0 Å². The van der Waals surface area contributed by atoms with Crippen molar-refractivity contribution >= 4 is 17.6 Å². The topological polar surface area (TPSA) is 38.4 Å². The lowest BCUT2D eigenvalue weighted by Crippen LogP contribution is -1.80. The highest BCUT2D eigenvalue weighted by atomic mass is 32.1. The van der Waals surface area contributed by atoms with Crippen LogP contribution in [-0.4, -0.2) is 6.21 Å². The first-order valence-electron chi connectivity index (χ1n) is 2.62. The van der Waals surface area contributed by atoms with Crippen molar-refractivity contribution in [3.8, 4) is 0 Å². The van der Waals surface area contributed by atoms with Crippen LogP contribution in [0, 0.1) is 6.92 Å². The highest BCUT2D eigenvalue weighted by molar-refractivity contribution is 7.13. The lowest BCUT2D eigenvalue weighted by Gasteiger charge is -1.76. The lowest BCUT2D eigenvalue weighted by molar-refractivity contribution is 1.27. The second kappa shape index (κ2) is 2.64. The van der Waals surface area contributed by atoms with E-state index in [0.717, 1.165) is 4.88 Å². The van der Waals surface area contributed by atoms with Gasteiger partial charge in [0.15, 0.2) is 0 Å². The molecule has 0 spiro atoms. The number of aryl methyl sites for hydroxylation is 1. The number of thiophene rings is 1. The van der Waals surface area contributed by atoms with Crippen LogP contribution in [0.2, 0.25) is 0 Å². The molecule has 0 radical (unpaired) electrons. The van der Waals surface area contributed by atoms with E-state index in [0.29, 0.717) is 0 Å². The van der Waals surface area contributed by atoms with Crippen LogP contribution in [0.3, 0.4) is 0 Å². The maximum absolute atomic E-state index is 4.95. The number of nitrogens with two attached hydrogens (primary N) is 1. The Labute approximate surface area is 58.0 Å². The van der Waals surface area contributed by atoms with Crippen LogP contribution in [0.25, 0.3) is 0 Å². The van der Waals surface area contributed by atoms with Crippen molar-refractivity contribution in [2.75, 3.05) is 0 Å². The molecule has 0 aliphatic rings. The Morgan fingerprint density at radius 3 is 2.89 bits per heavy atom. The summed E-state index contributed by atoms with van der Waals surface area (Å²) in [6, 6.07) is 4.04. The third kappa shape index (κ3) is 1.54. The van der Waals surface area contributed by atoms with Crippen LogP contribution < -0.4 is 5.84 Å². The smallest absolute Gasteiger partial charge is 0.0637 e. The van der Waals surface area contributed by atoms with Gasteiger partial charge in [-0.1, -0.05) is 0 Å². The van der Waals surface area contributed by atoms with E-state index in [1.807, 2.05) is 12.1 Å². The Kier molecular flexibility index (Phi) is 1.85. The molecule has 0 unspecified atom stereocenters. The third-order valence-corrected chi connectivity index (χ3v) is 1.90. The standard InChI is InChI=1S/C6H8N2S/c1-5-2-3-6(9-5)4-8-7/h2-4H,7H2,1H3. The Bertz CT molecular complexity index is 215. The minimum atomic E-state index is 1.11. The minimum Gasteiger partial charge on any atom is -0.323 e. The van der Waals surface area contributed by atoms with Crippen molar-refractivity contribution in [1.29, 1.82) is 0 Å². The van der Waals surface area contributed by atoms with Crippen LogP contribution in [0.15, 0.2) is 17.2 Å². The van der Waals surface area contributed by atoms with Gasteiger partial charge in [-0.2, -0.15) is 5.10 Å². The van der Waals surface area contributed by atoms with Gasteiger partial charge in [-0.3, -0.25) is 0 Å². The maximum atomic E-state index is 4.95. The molecule has 0 atom stereocenters. The molecule has 0 bridgehead atoms. The lowest BCUT2D eigenvalue weighted by atomic mass is 10.4. The minimum absolute atomic E-state index is 1.11. The second-order valence-electron chi connectivity index (χ2n) is 1.73. The fourth-order valence-electron chi connectivity index (χ4n) is 0.596. The molecule has 0 aliphatic heterocycles. The van der Waals surface area contributed by atoms with Gasteiger partial charge in [0, 0.05) is 9.75 Å². The fraction of sp³-hybridized carbons (Fsp3) is 0.167. The normalized spacial score (nSPS) is 10.8. The monoisotopic (exact) mass is 140 g/mol. The molecule has 0 aliphatic carbocycles. The summed E-state index contributed by atoms with van der Waals surface area (Å²) in [5.74, 6) is 4.95. The maximum Gasteiger partial charge on any atom is 0.0637 e. The predicted molar refractivity (Wildman–Crippen MR) is 40.8 cm³/mol. The van der Waals surface area contributed by atoms with Gasteiger partial charge in [-0.25, -0.2) is 0 Å². The number of nitrogens with zero attached hydrogens (tertiary/aromatic N) is 1. The number of hydrogen-bond donors (Lipinski definition) is 1. The van der Waals surface area contributed by atoms with Gasteiger partial charge in [0.25, 0.3) is 0 Å². The van der Waals surface area contributed by atoms with Gasteiger partial charge < -0.3 is 5.84 Å². The molecular weight excluding hydrogens is 132 g/mol. The first kappa shape index (κ1) is 6.29. The van der Waals surface area contributed by atoms with E-state index in [2.05, 4.69) is 12.0 Å². The van der Waals surface area contributed by atoms with Gasteiger partial charge in [0.2, 0.25) is 0 Å². The van der Waals surface area contributed by atoms with E-state index in [9.17, 15) is 0 Å². The van der Waals surface area contributed by atoms with Gasteiger partial charge in [-0.05, 0) is 19.1 Å². The largest absolute Gasteiger partial charge is 0.323 e. The van der Waals surface area contributed by atoms with Gasteiger partial charge >= 0.3 is 0 Å². The molecule has 0 fully saturated rings. The van der Waals surface area contributed by atoms with Crippen LogP contribution in [-0.2, 0) is 0 Å². The fourth-order valence-corrected chi connectivity index (χ4v) is 1.35. The molecule has 0 saturated carbocycles. The summed E-state index contributed by atoms with van der Waals surface area (Å²) in [4.78, 5) is 2.39. The van der Waals surface area contributed by atoms with Crippen LogP contribution >= 0.6 is 11.3 Å². The van der Waals surface area contributed by atoms with Gasteiger partial charge in [-0.15, -0.1) is 11.3 Å². The first-order chi connectivity index (χ1) is 4.33. The van der Waals surface area contributed by atoms with E-state index in [1.165, 1.54) is 4.88 Å². The highest BCUT2D eigenvalue weighted by Gasteiger charge is 1.89. The van der Waals surface area contributed by atoms with Crippen molar-refractivity contribution in [3.63, 3.8) is 0 Å². The van der Waals surface area contributed by atoms with E-state index < -0.39 is 0 Å². The van der Waals surface area contributed by atoms with E-state index in [1.54, 1.807) is 17.6 Å². The molecule has 1 aromatic rings. The zero-order valence-electron chi connectivity index (χ0n) is 5.16. The van der Waals surface area contributed by atoms with Crippen LogP contribution in [0.5, 0.6) is 0 Å². The zero-order valence-corrected chi connectivity index (χ0v) is 5.98. The molecule has 0 saturated heterocycles. The number of hydrazone groups is 1. The quantitative estimate of drug-likeness (QED) is 0.357. The number of hydrogen-bond acceptors (Lipinski definition) is 3. The van der Waals surface area contributed by atoms with E-state index in [-0.39, 0.29) is 0 Å².